The molecule has 0 aromatic heterocycles. The van der Waals surface area contributed by atoms with Crippen molar-refractivity contribution in [3.8, 4) is 11.1 Å². The summed E-state index contributed by atoms with van der Waals surface area (Å²) in [6.45, 7) is 4.46. The normalized spacial score (nSPS) is 19.6. The van der Waals surface area contributed by atoms with Gasteiger partial charge < -0.3 is 20.1 Å². The molecule has 2 aliphatic rings. The van der Waals surface area contributed by atoms with Crippen molar-refractivity contribution in [1.82, 2.24) is 10.2 Å². The molecule has 2 N–H and O–H groups in total. The van der Waals surface area contributed by atoms with Gasteiger partial charge in [-0.3, -0.25) is 4.79 Å². The minimum Gasteiger partial charge on any atom is -0.480 e. The van der Waals surface area contributed by atoms with Crippen LogP contribution in [0.3, 0.4) is 0 Å². The molecule has 2 aromatic carbocycles. The van der Waals surface area contributed by atoms with Crippen molar-refractivity contribution in [2.24, 2.45) is 5.92 Å². The van der Waals surface area contributed by atoms with Crippen LogP contribution in [0.5, 0.6) is 0 Å². The Hall–Kier alpha value is -3.61. The molecule has 2 atom stereocenters. The monoisotopic (exact) mass is 476 g/mol. The van der Waals surface area contributed by atoms with Crippen molar-refractivity contribution in [3.05, 3.63) is 71.3 Å². The van der Waals surface area contributed by atoms with Gasteiger partial charge in [0.25, 0.3) is 0 Å². The Morgan fingerprint density at radius 2 is 1.71 bits per heavy atom. The highest BCUT2D eigenvalue weighted by molar-refractivity contribution is 5.95. The summed E-state index contributed by atoms with van der Waals surface area (Å²) in [4.78, 5) is 38.4. The Labute approximate surface area is 205 Å². The first-order chi connectivity index (χ1) is 16.9. The molecule has 2 unspecified atom stereocenters. The van der Waals surface area contributed by atoms with E-state index in [0.717, 1.165) is 35.1 Å². The smallest absolute Gasteiger partial charge is 0.407 e. The summed E-state index contributed by atoms with van der Waals surface area (Å²) in [6, 6.07) is 15.5. The predicted molar refractivity (Wildman–Crippen MR) is 133 cm³/mol. The first-order valence-electron chi connectivity index (χ1n) is 12.2. The molecule has 4 rings (SSSR count). The second kappa shape index (κ2) is 10.8. The van der Waals surface area contributed by atoms with Gasteiger partial charge in [-0.05, 0) is 47.9 Å². The van der Waals surface area contributed by atoms with Crippen LogP contribution < -0.4 is 5.32 Å². The molecular weight excluding hydrogens is 444 g/mol. The fourth-order valence-electron chi connectivity index (χ4n) is 5.14. The lowest BCUT2D eigenvalue weighted by Crippen LogP contribution is -2.50. The van der Waals surface area contributed by atoms with E-state index < -0.39 is 18.1 Å². The Morgan fingerprint density at radius 1 is 1.09 bits per heavy atom. The molecular formula is C28H32N2O5. The number of carboxylic acids is 1. The van der Waals surface area contributed by atoms with Crippen molar-refractivity contribution >= 4 is 18.0 Å². The number of aliphatic carboxylic acids is 1. The lowest BCUT2D eigenvalue weighted by molar-refractivity contribution is -0.151. The van der Waals surface area contributed by atoms with Gasteiger partial charge in [0.05, 0.1) is 0 Å². The number of carboxylic acid groups (broad SMARTS) is 1. The lowest BCUT2D eigenvalue weighted by atomic mass is 9.88. The molecule has 7 heteroatoms. The fourth-order valence-corrected chi connectivity index (χ4v) is 5.14. The predicted octanol–water partition coefficient (Wildman–Crippen LogP) is 4.57. The van der Waals surface area contributed by atoms with Crippen LogP contribution in [0.15, 0.2) is 60.2 Å². The van der Waals surface area contributed by atoms with Crippen LogP contribution in [0.1, 0.15) is 50.2 Å². The zero-order valence-electron chi connectivity index (χ0n) is 20.2. The van der Waals surface area contributed by atoms with Crippen LogP contribution in [0.25, 0.3) is 11.1 Å². The maximum absolute atomic E-state index is 12.9. The van der Waals surface area contributed by atoms with E-state index in [1.54, 1.807) is 13.0 Å². The first kappa shape index (κ1) is 24.5. The van der Waals surface area contributed by atoms with E-state index in [1.807, 2.05) is 31.2 Å². The van der Waals surface area contributed by atoms with Crippen molar-refractivity contribution in [3.63, 3.8) is 0 Å². The number of carbonyl (C=O) groups excluding carboxylic acids is 2. The molecule has 2 aromatic rings. The number of rotatable bonds is 7. The maximum atomic E-state index is 12.9. The van der Waals surface area contributed by atoms with E-state index in [4.69, 9.17) is 4.74 Å². The van der Waals surface area contributed by atoms with Crippen LogP contribution in [-0.2, 0) is 14.3 Å². The third kappa shape index (κ3) is 5.24. The molecule has 1 aliphatic carbocycles. The molecule has 184 valence electrons. The van der Waals surface area contributed by atoms with Crippen LogP contribution >= 0.6 is 0 Å². The highest BCUT2D eigenvalue weighted by Crippen LogP contribution is 2.44. The third-order valence-corrected chi connectivity index (χ3v) is 7.17. The minimum atomic E-state index is -0.971. The molecule has 1 aliphatic heterocycles. The molecule has 0 spiro atoms. The van der Waals surface area contributed by atoms with Gasteiger partial charge in [0, 0.05) is 24.6 Å². The van der Waals surface area contributed by atoms with Crippen LogP contribution in [-0.4, -0.2) is 53.7 Å². The summed E-state index contributed by atoms with van der Waals surface area (Å²) in [7, 11) is 0. The highest BCUT2D eigenvalue weighted by Gasteiger charge is 2.36. The number of hydrogen-bond donors (Lipinski definition) is 2. The SMILES string of the molecule is CCC1CCN(C(=O)/C(C)=C/CNC(=O)OCC2c3ccccc3-c3ccccc32)C(C(=O)O)C1. The highest BCUT2D eigenvalue weighted by atomic mass is 16.5. The van der Waals surface area contributed by atoms with Crippen molar-refractivity contribution in [2.45, 2.75) is 45.1 Å². The van der Waals surface area contributed by atoms with E-state index in [9.17, 15) is 19.5 Å². The van der Waals surface area contributed by atoms with Crippen LogP contribution in [0, 0.1) is 5.92 Å². The zero-order chi connectivity index (χ0) is 24.9. The second-order valence-corrected chi connectivity index (χ2v) is 9.24. The average Bonchev–Trinajstić information content (AvgIpc) is 3.20. The molecule has 2 amide bonds. The van der Waals surface area contributed by atoms with Crippen molar-refractivity contribution < 1.29 is 24.2 Å². The van der Waals surface area contributed by atoms with E-state index in [1.165, 1.54) is 4.90 Å². The number of nitrogens with zero attached hydrogens (tertiary/aromatic N) is 1. The lowest BCUT2D eigenvalue weighted by Gasteiger charge is -2.37. The summed E-state index contributed by atoms with van der Waals surface area (Å²) >= 11 is 0. The summed E-state index contributed by atoms with van der Waals surface area (Å²) in [5.74, 6) is -0.979. The van der Waals surface area contributed by atoms with E-state index in [-0.39, 0.29) is 25.0 Å². The Bertz CT molecular complexity index is 1100. The number of carbonyl (C=O) groups is 3. The minimum absolute atomic E-state index is 0.0222. The van der Waals surface area contributed by atoms with Gasteiger partial charge in [0.1, 0.15) is 12.6 Å². The van der Waals surface area contributed by atoms with Crippen LogP contribution in [0.2, 0.25) is 0 Å². The quantitative estimate of drug-likeness (QED) is 0.571. The molecule has 1 fully saturated rings. The second-order valence-electron chi connectivity index (χ2n) is 9.24. The summed E-state index contributed by atoms with van der Waals surface area (Å²) < 4.78 is 5.52. The Morgan fingerprint density at radius 3 is 2.31 bits per heavy atom. The molecule has 0 saturated carbocycles. The zero-order valence-corrected chi connectivity index (χ0v) is 20.2. The third-order valence-electron chi connectivity index (χ3n) is 7.17. The van der Waals surface area contributed by atoms with Gasteiger partial charge in [-0.15, -0.1) is 0 Å². The molecule has 1 heterocycles. The number of amides is 2. The largest absolute Gasteiger partial charge is 0.480 e. The van der Waals surface area contributed by atoms with E-state index in [0.29, 0.717) is 24.5 Å². The first-order valence-corrected chi connectivity index (χ1v) is 12.2. The van der Waals surface area contributed by atoms with Gasteiger partial charge in [-0.2, -0.15) is 0 Å². The van der Waals surface area contributed by atoms with Crippen LogP contribution in [0.4, 0.5) is 4.79 Å². The van der Waals surface area contributed by atoms with E-state index >= 15 is 0 Å². The Balaban J connectivity index is 1.31. The number of fused-ring (bicyclic) bond motifs is 3. The van der Waals surface area contributed by atoms with Gasteiger partial charge in [0.2, 0.25) is 5.91 Å². The van der Waals surface area contributed by atoms with Crippen molar-refractivity contribution in [2.75, 3.05) is 19.7 Å². The number of likely N-dealkylation sites (tertiary alicyclic amines) is 1. The summed E-state index contributed by atoms with van der Waals surface area (Å²) in [6.07, 6.45) is 3.23. The molecule has 0 radical (unpaired) electrons. The number of nitrogens with one attached hydrogen (secondary N) is 1. The van der Waals surface area contributed by atoms with E-state index in [2.05, 4.69) is 29.6 Å². The standard InChI is InChI=1S/C28H32N2O5/c1-3-19-13-15-30(25(16-19)27(32)33)26(31)18(2)12-14-29-28(34)35-17-24-22-10-6-4-8-20(22)21-9-5-7-11-23(21)24/h4-12,19,24-25H,3,13-17H2,1-2H3,(H,29,34)(H,32,33)/b18-12+. The topological polar surface area (TPSA) is 95.9 Å². The molecule has 35 heavy (non-hydrogen) atoms. The maximum Gasteiger partial charge on any atom is 0.407 e. The Kier molecular flexibility index (Phi) is 7.54. The number of ether oxygens (including phenoxy) is 1. The molecule has 7 nitrogen and oxygen atoms in total. The van der Waals surface area contributed by atoms with Gasteiger partial charge in [-0.1, -0.05) is 68.0 Å². The molecule has 1 saturated heterocycles. The fraction of sp³-hybridized carbons (Fsp3) is 0.393. The number of benzene rings is 2. The summed E-state index contributed by atoms with van der Waals surface area (Å²) in [5.41, 5.74) is 5.02. The number of piperidine rings is 1. The van der Waals surface area contributed by atoms with Crippen molar-refractivity contribution in [1.29, 1.82) is 0 Å². The number of alkyl carbamates (subject to hydrolysis) is 1. The number of hydrogen-bond acceptors (Lipinski definition) is 4. The summed E-state index contributed by atoms with van der Waals surface area (Å²) in [5, 5.41) is 12.3. The van der Waals surface area contributed by atoms with Gasteiger partial charge in [0.15, 0.2) is 0 Å². The van der Waals surface area contributed by atoms with Gasteiger partial charge >= 0.3 is 12.1 Å². The van der Waals surface area contributed by atoms with Gasteiger partial charge in [-0.25, -0.2) is 9.59 Å². The average molecular weight is 477 g/mol. The molecule has 0 bridgehead atoms.